The second kappa shape index (κ2) is 10.3. The molecular formula is C32H35NO4Si. The predicted molar refractivity (Wildman–Crippen MR) is 154 cm³/mol. The van der Waals surface area contributed by atoms with Crippen molar-refractivity contribution in [2.24, 2.45) is 0 Å². The average Bonchev–Trinajstić information content (AvgIpc) is 3.34. The number of benzene rings is 3. The monoisotopic (exact) mass is 525 g/mol. The molecule has 196 valence electrons. The summed E-state index contributed by atoms with van der Waals surface area (Å²) in [5.74, 6) is 1.02. The Bertz CT molecular complexity index is 1410. The minimum Gasteiger partial charge on any atom is -0.496 e. The second-order valence-corrected chi connectivity index (χ2v) is 15.2. The number of methoxy groups -OCH3 is 2. The van der Waals surface area contributed by atoms with Gasteiger partial charge in [-0.05, 0) is 45.3 Å². The van der Waals surface area contributed by atoms with E-state index in [1.807, 2.05) is 12.1 Å². The molecule has 1 aromatic heterocycles. The summed E-state index contributed by atoms with van der Waals surface area (Å²) in [7, 11) is 0.551. The van der Waals surface area contributed by atoms with Crippen LogP contribution in [0.4, 0.5) is 0 Å². The van der Waals surface area contributed by atoms with Gasteiger partial charge in [0.25, 0.3) is 8.32 Å². The molecule has 0 saturated heterocycles. The Hall–Kier alpha value is -3.48. The van der Waals surface area contributed by atoms with Gasteiger partial charge in [0.15, 0.2) is 0 Å². The molecule has 1 aliphatic carbocycles. The molecular weight excluding hydrogens is 490 g/mol. The van der Waals surface area contributed by atoms with Crippen molar-refractivity contribution in [1.82, 2.24) is 4.98 Å². The maximum Gasteiger partial charge on any atom is 0.261 e. The standard InChI is InChI=1S/C32H35NO4Si/c1-32(2,3)38(26-12-8-6-9-13-26,27-14-10-7-11-15-27)37-21-25-19-24-18-22-16-17-23(20-34)28(22)30(35-4)29(24)31(33-25)36-5/h6-15,18-20,23H,16-17,21H2,1-5H3. The van der Waals surface area contributed by atoms with E-state index in [0.29, 0.717) is 18.2 Å². The topological polar surface area (TPSA) is 57.6 Å². The van der Waals surface area contributed by atoms with Crippen LogP contribution in [0, 0.1) is 0 Å². The quantitative estimate of drug-likeness (QED) is 0.223. The number of nitrogens with zero attached hydrogens (tertiary/aromatic N) is 1. The molecule has 1 aliphatic rings. The number of hydrogen-bond donors (Lipinski definition) is 0. The molecule has 0 N–H and O–H groups in total. The number of aromatic nitrogens is 1. The number of rotatable bonds is 8. The van der Waals surface area contributed by atoms with E-state index in [-0.39, 0.29) is 11.0 Å². The molecule has 0 amide bonds. The lowest BCUT2D eigenvalue weighted by atomic mass is 9.97. The third kappa shape index (κ3) is 4.32. The number of pyridine rings is 1. The summed E-state index contributed by atoms with van der Waals surface area (Å²) in [6.45, 7) is 7.15. The van der Waals surface area contributed by atoms with Crippen molar-refractivity contribution in [1.29, 1.82) is 0 Å². The Balaban J connectivity index is 1.63. The van der Waals surface area contributed by atoms with E-state index in [0.717, 1.165) is 46.7 Å². The summed E-state index contributed by atoms with van der Waals surface area (Å²) in [6.07, 6.45) is 2.67. The number of aldehydes is 1. The van der Waals surface area contributed by atoms with Crippen LogP contribution in [0.5, 0.6) is 11.6 Å². The maximum atomic E-state index is 11.8. The number of carbonyl (C=O) groups excluding carboxylic acids is 1. The van der Waals surface area contributed by atoms with Crippen LogP contribution >= 0.6 is 0 Å². The molecule has 6 heteroatoms. The van der Waals surface area contributed by atoms with Crippen LogP contribution in [0.3, 0.4) is 0 Å². The maximum absolute atomic E-state index is 11.8. The number of fused-ring (bicyclic) bond motifs is 2. The van der Waals surface area contributed by atoms with Gasteiger partial charge in [-0.3, -0.25) is 0 Å². The lowest BCUT2D eigenvalue weighted by molar-refractivity contribution is -0.109. The van der Waals surface area contributed by atoms with Gasteiger partial charge in [-0.2, -0.15) is 0 Å². The van der Waals surface area contributed by atoms with Gasteiger partial charge in [0.2, 0.25) is 5.88 Å². The third-order valence-corrected chi connectivity index (χ3v) is 12.7. The first-order valence-electron chi connectivity index (χ1n) is 13.1. The Morgan fingerprint density at radius 3 is 2.11 bits per heavy atom. The van der Waals surface area contributed by atoms with Crippen LogP contribution in [0.1, 0.15) is 49.9 Å². The predicted octanol–water partition coefficient (Wildman–Crippen LogP) is 5.56. The number of carbonyl (C=O) groups is 1. The van der Waals surface area contributed by atoms with E-state index in [9.17, 15) is 4.79 Å². The van der Waals surface area contributed by atoms with E-state index in [1.54, 1.807) is 14.2 Å². The van der Waals surface area contributed by atoms with Gasteiger partial charge in [-0.15, -0.1) is 0 Å². The molecule has 5 rings (SSSR count). The minimum absolute atomic E-state index is 0.134. The van der Waals surface area contributed by atoms with Gasteiger partial charge in [0.1, 0.15) is 12.0 Å². The Labute approximate surface area is 225 Å². The van der Waals surface area contributed by atoms with Gasteiger partial charge in [-0.1, -0.05) is 87.5 Å². The van der Waals surface area contributed by atoms with Gasteiger partial charge in [0.05, 0.1) is 31.9 Å². The summed E-state index contributed by atoms with van der Waals surface area (Å²) in [5, 5.41) is 4.11. The van der Waals surface area contributed by atoms with Crippen LogP contribution < -0.4 is 19.8 Å². The molecule has 3 aromatic carbocycles. The van der Waals surface area contributed by atoms with E-state index in [4.69, 9.17) is 18.9 Å². The van der Waals surface area contributed by atoms with Crippen molar-refractivity contribution in [3.05, 3.63) is 89.6 Å². The zero-order valence-electron chi connectivity index (χ0n) is 22.8. The van der Waals surface area contributed by atoms with Crippen LogP contribution in [0.2, 0.25) is 5.04 Å². The molecule has 0 spiro atoms. The number of aryl methyl sites for hydroxylation is 1. The van der Waals surface area contributed by atoms with Crippen LogP contribution in [0.25, 0.3) is 10.8 Å². The molecule has 0 fully saturated rings. The van der Waals surface area contributed by atoms with Crippen LogP contribution in [0.15, 0.2) is 72.8 Å². The fraction of sp³-hybridized carbons (Fsp3) is 0.312. The van der Waals surface area contributed by atoms with Crippen LogP contribution in [-0.4, -0.2) is 33.8 Å². The normalized spacial score (nSPS) is 15.3. The van der Waals surface area contributed by atoms with Crippen molar-refractivity contribution < 1.29 is 18.7 Å². The minimum atomic E-state index is -2.72. The van der Waals surface area contributed by atoms with E-state index in [2.05, 4.69) is 81.4 Å². The van der Waals surface area contributed by atoms with Crippen molar-refractivity contribution in [3.63, 3.8) is 0 Å². The summed E-state index contributed by atoms with van der Waals surface area (Å²) >= 11 is 0. The van der Waals surface area contributed by atoms with Crippen LogP contribution in [-0.2, 0) is 22.2 Å². The molecule has 0 bridgehead atoms. The van der Waals surface area contributed by atoms with Gasteiger partial charge >= 0.3 is 0 Å². The zero-order chi connectivity index (χ0) is 26.9. The average molecular weight is 526 g/mol. The Morgan fingerprint density at radius 1 is 0.947 bits per heavy atom. The second-order valence-electron chi connectivity index (χ2n) is 10.9. The first kappa shape index (κ1) is 26.1. The lowest BCUT2D eigenvalue weighted by Gasteiger charge is -2.43. The highest BCUT2D eigenvalue weighted by Crippen LogP contribution is 2.46. The molecule has 0 saturated carbocycles. The largest absolute Gasteiger partial charge is 0.496 e. The Kier molecular flexibility index (Phi) is 7.12. The SMILES string of the molecule is COc1nc(CO[Si](c2ccccc2)(c2ccccc2)C(C)(C)C)cc2cc3c(c(OC)c12)C(C=O)CC3. The first-order chi connectivity index (χ1) is 18.3. The first-order valence-corrected chi connectivity index (χ1v) is 15.0. The highest BCUT2D eigenvalue weighted by atomic mass is 28.4. The fourth-order valence-electron chi connectivity index (χ4n) is 6.06. The van der Waals surface area contributed by atoms with Gasteiger partial charge < -0.3 is 18.7 Å². The van der Waals surface area contributed by atoms with Gasteiger partial charge in [-0.25, -0.2) is 4.98 Å². The fourth-order valence-corrected chi connectivity index (χ4v) is 10.6. The molecule has 1 atom stereocenters. The molecule has 0 radical (unpaired) electrons. The summed E-state index contributed by atoms with van der Waals surface area (Å²) in [4.78, 5) is 16.6. The van der Waals surface area contributed by atoms with Crippen molar-refractivity contribution in [2.75, 3.05) is 14.2 Å². The lowest BCUT2D eigenvalue weighted by Crippen LogP contribution is -2.66. The van der Waals surface area contributed by atoms with Crippen molar-refractivity contribution in [2.45, 2.75) is 51.2 Å². The molecule has 38 heavy (non-hydrogen) atoms. The number of hydrogen-bond acceptors (Lipinski definition) is 5. The molecule has 4 aromatic rings. The third-order valence-electron chi connectivity index (χ3n) is 7.73. The van der Waals surface area contributed by atoms with E-state index >= 15 is 0 Å². The molecule has 1 unspecified atom stereocenters. The van der Waals surface area contributed by atoms with Crippen molar-refractivity contribution in [3.8, 4) is 11.6 Å². The van der Waals surface area contributed by atoms with E-state index in [1.165, 1.54) is 10.4 Å². The highest BCUT2D eigenvalue weighted by Gasteiger charge is 2.50. The zero-order valence-corrected chi connectivity index (χ0v) is 23.8. The summed E-state index contributed by atoms with van der Waals surface area (Å²) in [6, 6.07) is 25.5. The molecule has 0 aliphatic heterocycles. The van der Waals surface area contributed by atoms with E-state index < -0.39 is 8.32 Å². The highest BCUT2D eigenvalue weighted by molar-refractivity contribution is 6.99. The smallest absolute Gasteiger partial charge is 0.261 e. The molecule has 5 nitrogen and oxygen atoms in total. The van der Waals surface area contributed by atoms with Gasteiger partial charge in [0, 0.05) is 11.5 Å². The van der Waals surface area contributed by atoms with Crippen molar-refractivity contribution >= 4 is 35.7 Å². The number of ether oxygens (including phenoxy) is 2. The Morgan fingerprint density at radius 2 is 1.58 bits per heavy atom. The summed E-state index contributed by atoms with van der Waals surface area (Å²) < 4.78 is 18.8. The molecule has 1 heterocycles. The summed E-state index contributed by atoms with van der Waals surface area (Å²) in [5.41, 5.74) is 2.92.